The van der Waals surface area contributed by atoms with E-state index in [1.165, 1.54) is 25.5 Å². The van der Waals surface area contributed by atoms with Crippen LogP contribution in [0.15, 0.2) is 35.7 Å². The number of hydrogen-bond donors (Lipinski definition) is 3. The Bertz CT molecular complexity index is 626. The van der Waals surface area contributed by atoms with Gasteiger partial charge in [-0.1, -0.05) is 32.3 Å². The predicted molar refractivity (Wildman–Crippen MR) is 112 cm³/mol. The largest absolute Gasteiger partial charge is 0.402 e. The molecule has 1 aromatic heterocycles. The van der Waals surface area contributed by atoms with Crippen LogP contribution in [0.2, 0.25) is 0 Å². The SMILES string of the molecule is CCCCCC1(C)CC(CNC/C(C=N)=C(\C)N)(c2ccccn2)CCO1. The summed E-state index contributed by atoms with van der Waals surface area (Å²) in [6.07, 6.45) is 9.89. The molecule has 1 saturated heterocycles. The molecule has 0 saturated carbocycles. The van der Waals surface area contributed by atoms with E-state index in [1.54, 1.807) is 0 Å². The lowest BCUT2D eigenvalue weighted by Crippen LogP contribution is -2.51. The third kappa shape index (κ3) is 5.88. The second-order valence-electron chi connectivity index (χ2n) is 8.13. The normalized spacial score (nSPS) is 26.5. The van der Waals surface area contributed by atoms with Crippen molar-refractivity contribution in [2.45, 2.75) is 70.3 Å². The molecule has 2 atom stereocenters. The van der Waals surface area contributed by atoms with Crippen molar-refractivity contribution in [3.05, 3.63) is 41.4 Å². The molecular weight excluding hydrogens is 336 g/mol. The summed E-state index contributed by atoms with van der Waals surface area (Å²) in [5.74, 6) is 0. The van der Waals surface area contributed by atoms with Crippen LogP contribution in [-0.2, 0) is 10.2 Å². The predicted octanol–water partition coefficient (Wildman–Crippen LogP) is 3.94. The average Bonchev–Trinajstić information content (AvgIpc) is 2.66. The topological polar surface area (TPSA) is 84.0 Å². The number of pyridine rings is 1. The van der Waals surface area contributed by atoms with E-state index in [4.69, 9.17) is 20.9 Å². The zero-order valence-corrected chi connectivity index (χ0v) is 17.2. The maximum atomic E-state index is 7.55. The van der Waals surface area contributed by atoms with Gasteiger partial charge in [-0.05, 0) is 45.2 Å². The van der Waals surface area contributed by atoms with Gasteiger partial charge in [0.05, 0.1) is 5.60 Å². The summed E-state index contributed by atoms with van der Waals surface area (Å²) in [4.78, 5) is 4.71. The van der Waals surface area contributed by atoms with E-state index in [9.17, 15) is 0 Å². The zero-order valence-electron chi connectivity index (χ0n) is 17.2. The minimum Gasteiger partial charge on any atom is -0.402 e. The van der Waals surface area contributed by atoms with E-state index >= 15 is 0 Å². The lowest BCUT2D eigenvalue weighted by Gasteiger charge is -2.46. The van der Waals surface area contributed by atoms with Gasteiger partial charge in [0.25, 0.3) is 0 Å². The van der Waals surface area contributed by atoms with Gasteiger partial charge in [-0.2, -0.15) is 0 Å². The first kappa shape index (κ1) is 21.6. The summed E-state index contributed by atoms with van der Waals surface area (Å²) >= 11 is 0. The Morgan fingerprint density at radius 2 is 2.22 bits per heavy atom. The Hall–Kier alpha value is -1.72. The highest BCUT2D eigenvalue weighted by atomic mass is 16.5. The minimum absolute atomic E-state index is 0.0594. The van der Waals surface area contributed by atoms with Crippen LogP contribution >= 0.6 is 0 Å². The first-order valence-corrected chi connectivity index (χ1v) is 10.2. The van der Waals surface area contributed by atoms with Crippen LogP contribution in [-0.4, -0.2) is 36.5 Å². The van der Waals surface area contributed by atoms with Gasteiger partial charge in [0, 0.05) is 54.5 Å². The molecule has 5 heteroatoms. The van der Waals surface area contributed by atoms with Crippen LogP contribution in [0.1, 0.15) is 65.0 Å². The van der Waals surface area contributed by atoms with Gasteiger partial charge in [0.15, 0.2) is 0 Å². The van der Waals surface area contributed by atoms with E-state index in [-0.39, 0.29) is 11.0 Å². The fraction of sp³-hybridized carbons (Fsp3) is 0.636. The smallest absolute Gasteiger partial charge is 0.0664 e. The summed E-state index contributed by atoms with van der Waals surface area (Å²) in [7, 11) is 0. The van der Waals surface area contributed by atoms with Gasteiger partial charge >= 0.3 is 0 Å². The van der Waals surface area contributed by atoms with E-state index < -0.39 is 0 Å². The van der Waals surface area contributed by atoms with Crippen LogP contribution < -0.4 is 11.1 Å². The summed E-state index contributed by atoms with van der Waals surface area (Å²) in [5, 5.41) is 11.1. The molecule has 0 aliphatic carbocycles. The second-order valence-corrected chi connectivity index (χ2v) is 8.13. The van der Waals surface area contributed by atoms with E-state index in [1.807, 2.05) is 19.2 Å². The van der Waals surface area contributed by atoms with Gasteiger partial charge in [-0.3, -0.25) is 4.98 Å². The van der Waals surface area contributed by atoms with Crippen LogP contribution in [0.3, 0.4) is 0 Å². The van der Waals surface area contributed by atoms with Crippen molar-refractivity contribution in [1.82, 2.24) is 10.3 Å². The highest BCUT2D eigenvalue weighted by molar-refractivity contribution is 5.77. The first-order valence-electron chi connectivity index (χ1n) is 10.2. The molecular formula is C22H36N4O. The maximum absolute atomic E-state index is 7.55. The highest BCUT2D eigenvalue weighted by Crippen LogP contribution is 2.42. The van der Waals surface area contributed by atoms with Crippen molar-refractivity contribution in [2.24, 2.45) is 5.73 Å². The van der Waals surface area contributed by atoms with Crippen molar-refractivity contribution in [2.75, 3.05) is 19.7 Å². The molecule has 5 nitrogen and oxygen atoms in total. The summed E-state index contributed by atoms with van der Waals surface area (Å²) in [6.45, 7) is 8.50. The number of unbranched alkanes of at least 4 members (excludes halogenated alkanes) is 2. The van der Waals surface area contributed by atoms with E-state index in [2.05, 4.69) is 31.3 Å². The molecule has 1 aromatic rings. The number of nitrogens with two attached hydrogens (primary N) is 1. The van der Waals surface area contributed by atoms with Crippen LogP contribution in [0.5, 0.6) is 0 Å². The Kier molecular flexibility index (Phi) is 7.99. The highest BCUT2D eigenvalue weighted by Gasteiger charge is 2.44. The zero-order chi connectivity index (χ0) is 19.8. The molecule has 1 aliphatic rings. The molecule has 150 valence electrons. The van der Waals surface area contributed by atoms with Gasteiger partial charge in [-0.15, -0.1) is 0 Å². The van der Waals surface area contributed by atoms with Crippen LogP contribution in [0, 0.1) is 5.41 Å². The minimum atomic E-state index is -0.114. The molecule has 2 rings (SSSR count). The van der Waals surface area contributed by atoms with Crippen molar-refractivity contribution in [3.8, 4) is 0 Å². The molecule has 0 bridgehead atoms. The van der Waals surface area contributed by atoms with Crippen molar-refractivity contribution >= 4 is 6.21 Å². The second kappa shape index (κ2) is 10.00. The summed E-state index contributed by atoms with van der Waals surface area (Å²) < 4.78 is 6.25. The number of ether oxygens (including phenoxy) is 1. The van der Waals surface area contributed by atoms with Gasteiger partial charge < -0.3 is 21.2 Å². The van der Waals surface area contributed by atoms with Gasteiger partial charge in [-0.25, -0.2) is 0 Å². The molecule has 1 aliphatic heterocycles. The number of rotatable bonds is 10. The van der Waals surface area contributed by atoms with Crippen molar-refractivity contribution in [3.63, 3.8) is 0 Å². The number of nitrogens with one attached hydrogen (secondary N) is 2. The molecule has 0 radical (unpaired) electrons. The number of hydrogen-bond acceptors (Lipinski definition) is 5. The maximum Gasteiger partial charge on any atom is 0.0664 e. The Morgan fingerprint density at radius 1 is 1.41 bits per heavy atom. The monoisotopic (exact) mass is 372 g/mol. The first-order chi connectivity index (χ1) is 12.9. The lowest BCUT2D eigenvalue weighted by atomic mass is 9.69. The molecule has 1 fully saturated rings. The summed E-state index contributed by atoms with van der Waals surface area (Å²) in [6, 6.07) is 6.18. The number of aromatic nitrogens is 1. The third-order valence-electron chi connectivity index (χ3n) is 5.72. The van der Waals surface area contributed by atoms with Crippen molar-refractivity contribution < 1.29 is 4.74 Å². The standard InChI is InChI=1S/C22H36N4O/c1-4-5-7-10-21(3)16-22(11-13-27-21,20-9-6-8-12-26-20)17-25-15-19(14-23)18(2)24/h6,8-9,12,14,23,25H,4-5,7,10-11,13,15-17,24H2,1-3H3/b19-18+,23-14?. The van der Waals surface area contributed by atoms with Crippen LogP contribution in [0.25, 0.3) is 0 Å². The molecule has 4 N–H and O–H groups in total. The molecule has 0 amide bonds. The fourth-order valence-electron chi connectivity index (χ4n) is 4.13. The lowest BCUT2D eigenvalue weighted by molar-refractivity contribution is -0.100. The summed E-state index contributed by atoms with van der Waals surface area (Å²) in [5.41, 5.74) is 8.37. The van der Waals surface area contributed by atoms with Gasteiger partial charge in [0.2, 0.25) is 0 Å². The molecule has 0 spiro atoms. The molecule has 27 heavy (non-hydrogen) atoms. The fourth-order valence-corrected chi connectivity index (χ4v) is 4.13. The van der Waals surface area contributed by atoms with Crippen molar-refractivity contribution in [1.29, 1.82) is 5.41 Å². The Morgan fingerprint density at radius 3 is 2.85 bits per heavy atom. The molecule has 2 heterocycles. The quantitative estimate of drug-likeness (QED) is 0.429. The Labute approximate surface area is 164 Å². The number of allylic oxidation sites excluding steroid dienone is 1. The average molecular weight is 373 g/mol. The van der Waals surface area contributed by atoms with E-state index in [0.717, 1.165) is 43.7 Å². The van der Waals surface area contributed by atoms with Crippen LogP contribution in [0.4, 0.5) is 0 Å². The van der Waals surface area contributed by atoms with Gasteiger partial charge in [0.1, 0.15) is 0 Å². The van der Waals surface area contributed by atoms with E-state index in [0.29, 0.717) is 12.2 Å². The third-order valence-corrected chi connectivity index (χ3v) is 5.72. The molecule has 2 unspecified atom stereocenters. The molecule has 0 aromatic carbocycles. The Balaban J connectivity index is 2.18. The number of nitrogens with zero attached hydrogens (tertiary/aromatic N) is 1.